The molecule has 1 saturated heterocycles. The zero-order chi connectivity index (χ0) is 22.6. The van der Waals surface area contributed by atoms with E-state index in [1.165, 1.54) is 16.4 Å². The number of benzene rings is 2. The number of halogens is 1. The molecule has 1 aliphatic heterocycles. The lowest BCUT2D eigenvalue weighted by Crippen LogP contribution is -2.40. The number of fused-ring (bicyclic) bond motifs is 1. The third-order valence-electron chi connectivity index (χ3n) is 5.33. The molecular formula is C22H25ClN4O4S. The van der Waals surface area contributed by atoms with E-state index in [1.54, 1.807) is 12.1 Å². The number of aromatic amines is 1. The molecule has 32 heavy (non-hydrogen) atoms. The molecule has 3 N–H and O–H groups in total. The van der Waals surface area contributed by atoms with Gasteiger partial charge < -0.3 is 20.4 Å². The molecule has 0 radical (unpaired) electrons. The number of nitrogens with one attached hydrogen (secondary N) is 3. The van der Waals surface area contributed by atoms with Crippen molar-refractivity contribution in [2.24, 2.45) is 0 Å². The average Bonchev–Trinajstić information content (AvgIpc) is 3.19. The van der Waals surface area contributed by atoms with Gasteiger partial charge in [-0.3, -0.25) is 4.79 Å². The third kappa shape index (κ3) is 5.31. The monoisotopic (exact) mass is 476 g/mol. The maximum Gasteiger partial charge on any atom is 0.243 e. The molecule has 0 bridgehead atoms. The van der Waals surface area contributed by atoms with Crippen molar-refractivity contribution in [2.45, 2.75) is 11.3 Å². The number of anilines is 1. The number of sulfonamides is 1. The lowest BCUT2D eigenvalue weighted by atomic mass is 10.1. The molecule has 0 atom stereocenters. The van der Waals surface area contributed by atoms with Crippen molar-refractivity contribution in [3.05, 3.63) is 59.2 Å². The van der Waals surface area contributed by atoms with Crippen LogP contribution in [0.5, 0.6) is 0 Å². The molecule has 1 aliphatic rings. The van der Waals surface area contributed by atoms with E-state index in [4.69, 9.17) is 16.3 Å². The van der Waals surface area contributed by atoms with Crippen molar-refractivity contribution < 1.29 is 17.9 Å². The molecule has 1 aromatic heterocycles. The summed E-state index contributed by atoms with van der Waals surface area (Å²) in [6.45, 7) is 2.26. The molecule has 4 rings (SSSR count). The number of carbonyl (C=O) groups excluding carboxylic acids is 1. The molecule has 2 heterocycles. The van der Waals surface area contributed by atoms with Gasteiger partial charge in [0.05, 0.1) is 24.7 Å². The van der Waals surface area contributed by atoms with Gasteiger partial charge in [-0.05, 0) is 61.0 Å². The van der Waals surface area contributed by atoms with Crippen LogP contribution in [0.2, 0.25) is 5.02 Å². The van der Waals surface area contributed by atoms with Crippen LogP contribution >= 0.6 is 11.6 Å². The summed E-state index contributed by atoms with van der Waals surface area (Å²) in [5.41, 5.74) is 2.71. The van der Waals surface area contributed by atoms with Crippen molar-refractivity contribution in [3.8, 4) is 0 Å². The van der Waals surface area contributed by atoms with Crippen molar-refractivity contribution in [1.29, 1.82) is 0 Å². The molecular weight excluding hydrogens is 452 g/mol. The summed E-state index contributed by atoms with van der Waals surface area (Å²) in [4.78, 5) is 15.6. The predicted molar refractivity (Wildman–Crippen MR) is 125 cm³/mol. The summed E-state index contributed by atoms with van der Waals surface area (Å²) in [6.07, 6.45) is 2.71. The molecule has 0 aliphatic carbocycles. The number of carbonyl (C=O) groups is 1. The Kier molecular flexibility index (Phi) is 7.12. The minimum atomic E-state index is -3.55. The van der Waals surface area contributed by atoms with Crippen LogP contribution < -0.4 is 10.6 Å². The molecule has 1 fully saturated rings. The van der Waals surface area contributed by atoms with Crippen LogP contribution in [0.25, 0.3) is 10.9 Å². The Morgan fingerprint density at radius 3 is 2.62 bits per heavy atom. The fourth-order valence-electron chi connectivity index (χ4n) is 3.63. The topological polar surface area (TPSA) is 104 Å². The number of hydrogen-bond donors (Lipinski definition) is 3. The van der Waals surface area contributed by atoms with Gasteiger partial charge in [-0.25, -0.2) is 8.42 Å². The van der Waals surface area contributed by atoms with Gasteiger partial charge in [0.2, 0.25) is 15.9 Å². The first-order valence-corrected chi connectivity index (χ1v) is 12.2. The van der Waals surface area contributed by atoms with Crippen LogP contribution in [-0.2, 0) is 26.0 Å². The van der Waals surface area contributed by atoms with Crippen molar-refractivity contribution >= 4 is 44.1 Å². The Morgan fingerprint density at radius 1 is 1.12 bits per heavy atom. The summed E-state index contributed by atoms with van der Waals surface area (Å²) in [6, 6.07) is 11.9. The Balaban J connectivity index is 1.25. The van der Waals surface area contributed by atoms with E-state index in [-0.39, 0.29) is 17.3 Å². The van der Waals surface area contributed by atoms with Crippen molar-refractivity contribution in [1.82, 2.24) is 14.6 Å². The summed E-state index contributed by atoms with van der Waals surface area (Å²) in [5.74, 6) is -0.198. The molecule has 2 aromatic carbocycles. The lowest BCUT2D eigenvalue weighted by Gasteiger charge is -2.26. The van der Waals surface area contributed by atoms with Gasteiger partial charge in [-0.1, -0.05) is 11.6 Å². The fraction of sp³-hybridized carbons (Fsp3) is 0.318. The average molecular weight is 477 g/mol. The number of nitrogens with zero attached hydrogens (tertiary/aromatic N) is 1. The van der Waals surface area contributed by atoms with E-state index in [0.29, 0.717) is 43.6 Å². The van der Waals surface area contributed by atoms with Crippen LogP contribution in [0.15, 0.2) is 53.6 Å². The molecule has 1 amide bonds. The van der Waals surface area contributed by atoms with Gasteiger partial charge in [-0.2, -0.15) is 4.31 Å². The number of morpholine rings is 1. The standard InChI is InChI=1S/C22H25ClN4O4S/c23-17-1-6-21-20(13-17)16(14-25-21)7-8-24-15-22(28)26-18-2-4-19(5-3-18)32(29,30)27-9-11-31-12-10-27/h1-6,13-14,24-25H,7-12,15H2,(H,26,28). The minimum Gasteiger partial charge on any atom is -0.379 e. The summed E-state index contributed by atoms with van der Waals surface area (Å²) in [7, 11) is -3.55. The second-order valence-electron chi connectivity index (χ2n) is 7.52. The minimum absolute atomic E-state index is 0.150. The molecule has 0 unspecified atom stereocenters. The largest absolute Gasteiger partial charge is 0.379 e. The molecule has 0 saturated carbocycles. The molecule has 170 valence electrons. The highest BCUT2D eigenvalue weighted by Crippen LogP contribution is 2.22. The van der Waals surface area contributed by atoms with Crippen LogP contribution in [-0.4, -0.2) is 63.0 Å². The summed E-state index contributed by atoms with van der Waals surface area (Å²) >= 11 is 6.08. The number of H-pyrrole nitrogens is 1. The molecule has 3 aromatic rings. The number of amides is 1. The normalized spacial score (nSPS) is 15.2. The zero-order valence-corrected chi connectivity index (χ0v) is 19.0. The first-order valence-electron chi connectivity index (χ1n) is 10.4. The van der Waals surface area contributed by atoms with E-state index in [2.05, 4.69) is 15.6 Å². The zero-order valence-electron chi connectivity index (χ0n) is 17.4. The second-order valence-corrected chi connectivity index (χ2v) is 9.89. The van der Waals surface area contributed by atoms with Gasteiger partial charge in [0.25, 0.3) is 0 Å². The SMILES string of the molecule is O=C(CNCCc1c[nH]c2ccc(Cl)cc12)Nc1ccc(S(=O)(=O)N2CCOCC2)cc1. The van der Waals surface area contributed by atoms with Gasteiger partial charge in [0.15, 0.2) is 0 Å². The highest BCUT2D eigenvalue weighted by molar-refractivity contribution is 7.89. The number of aromatic nitrogens is 1. The number of rotatable bonds is 8. The van der Waals surface area contributed by atoms with E-state index in [1.807, 2.05) is 24.4 Å². The van der Waals surface area contributed by atoms with E-state index < -0.39 is 10.0 Å². The predicted octanol–water partition coefficient (Wildman–Crippen LogP) is 2.61. The molecule has 10 heteroatoms. The Hall–Kier alpha value is -2.43. The van der Waals surface area contributed by atoms with Crippen molar-refractivity contribution in [3.63, 3.8) is 0 Å². The third-order valence-corrected chi connectivity index (χ3v) is 7.48. The first-order chi connectivity index (χ1) is 15.4. The Morgan fingerprint density at radius 2 is 1.88 bits per heavy atom. The maximum absolute atomic E-state index is 12.7. The van der Waals surface area contributed by atoms with E-state index in [9.17, 15) is 13.2 Å². The maximum atomic E-state index is 12.7. The van der Waals surface area contributed by atoms with Crippen molar-refractivity contribution in [2.75, 3.05) is 44.7 Å². The Labute approximate surface area is 191 Å². The lowest BCUT2D eigenvalue weighted by molar-refractivity contribution is -0.115. The molecule has 8 nitrogen and oxygen atoms in total. The number of ether oxygens (including phenoxy) is 1. The summed E-state index contributed by atoms with van der Waals surface area (Å²) in [5, 5.41) is 7.67. The van der Waals surface area contributed by atoms with E-state index in [0.717, 1.165) is 22.9 Å². The summed E-state index contributed by atoms with van der Waals surface area (Å²) < 4.78 is 31.9. The Bertz CT molecular complexity index is 1190. The van der Waals surface area contributed by atoms with Gasteiger partial charge >= 0.3 is 0 Å². The second kappa shape index (κ2) is 10.0. The smallest absolute Gasteiger partial charge is 0.243 e. The first kappa shape index (κ1) is 22.8. The molecule has 0 spiro atoms. The van der Waals surface area contributed by atoms with Crippen LogP contribution in [0.4, 0.5) is 5.69 Å². The van der Waals surface area contributed by atoms with Gasteiger partial charge in [-0.15, -0.1) is 0 Å². The highest BCUT2D eigenvalue weighted by atomic mass is 35.5. The fourth-order valence-corrected chi connectivity index (χ4v) is 5.21. The number of hydrogen-bond acceptors (Lipinski definition) is 5. The van der Waals surface area contributed by atoms with E-state index >= 15 is 0 Å². The van der Waals surface area contributed by atoms with Crippen LogP contribution in [0.1, 0.15) is 5.56 Å². The van der Waals surface area contributed by atoms with Gasteiger partial charge in [0.1, 0.15) is 0 Å². The van der Waals surface area contributed by atoms with Gasteiger partial charge in [0, 0.05) is 40.9 Å². The quantitative estimate of drug-likeness (QED) is 0.433. The van der Waals surface area contributed by atoms with Crippen LogP contribution in [0, 0.1) is 0 Å². The van der Waals surface area contributed by atoms with Crippen LogP contribution in [0.3, 0.4) is 0 Å². The highest BCUT2D eigenvalue weighted by Gasteiger charge is 2.26.